The third-order valence-corrected chi connectivity index (χ3v) is 5.75. The van der Waals surface area contributed by atoms with Gasteiger partial charge < -0.3 is 38.5 Å². The first-order chi connectivity index (χ1) is 16.0. The number of benzene rings is 1. The minimum absolute atomic E-state index is 0. The van der Waals surface area contributed by atoms with Crippen LogP contribution in [0.25, 0.3) is 0 Å². The number of nitro benzene ring substituents is 1. The molecule has 0 spiro atoms. The lowest BCUT2D eigenvalue weighted by Gasteiger charge is -2.18. The monoisotopic (exact) mass is 530 g/mol. The normalized spacial score (nSPS) is 12.6. The molecule has 12 nitrogen and oxygen atoms in total. The van der Waals surface area contributed by atoms with Crippen molar-refractivity contribution in [3.05, 3.63) is 34.4 Å². The van der Waals surface area contributed by atoms with Gasteiger partial charge in [0.15, 0.2) is 0 Å². The van der Waals surface area contributed by atoms with E-state index < -0.39 is 12.5 Å². The van der Waals surface area contributed by atoms with Crippen molar-refractivity contribution in [2.24, 2.45) is 5.73 Å². The topological polar surface area (TPSA) is 151 Å². The number of nitrogens with zero attached hydrogens (tertiary/aromatic N) is 1. The molecule has 0 bridgehead atoms. The van der Waals surface area contributed by atoms with Gasteiger partial charge in [-0.25, -0.2) is 4.57 Å². The molecule has 2 N–H and O–H groups in total. The lowest BCUT2D eigenvalue weighted by atomic mass is 10.3. The first-order valence-electron chi connectivity index (χ1n) is 10.8. The average Bonchev–Trinajstić information content (AvgIpc) is 2.79. The summed E-state index contributed by atoms with van der Waals surface area (Å²) in [4.78, 5) is 10.2. The number of non-ortho nitro benzene ring substituents is 1. The van der Waals surface area contributed by atoms with Crippen molar-refractivity contribution in [3.8, 4) is 5.75 Å². The van der Waals surface area contributed by atoms with E-state index in [0.29, 0.717) is 66.0 Å². The van der Waals surface area contributed by atoms with Crippen molar-refractivity contribution in [3.63, 3.8) is 0 Å². The van der Waals surface area contributed by atoms with Crippen molar-refractivity contribution in [1.29, 1.82) is 0 Å². The van der Waals surface area contributed by atoms with E-state index in [-0.39, 0.29) is 43.2 Å². The first-order valence-corrected chi connectivity index (χ1v) is 12.5. The minimum Gasteiger partial charge on any atom is -0.424 e. The van der Waals surface area contributed by atoms with Gasteiger partial charge >= 0.3 is 7.60 Å². The van der Waals surface area contributed by atoms with Gasteiger partial charge in [0, 0.05) is 18.7 Å². The van der Waals surface area contributed by atoms with Crippen molar-refractivity contribution in [2.75, 3.05) is 85.4 Å². The molecule has 0 aliphatic carbocycles. The molecule has 1 aromatic rings. The molecule has 0 heterocycles. The highest BCUT2D eigenvalue weighted by Crippen LogP contribution is 2.48. The van der Waals surface area contributed by atoms with Crippen LogP contribution < -0.4 is 10.3 Å². The Hall–Kier alpha value is -1.34. The molecular formula is C20H36ClN2O10P. The van der Waals surface area contributed by atoms with Crippen LogP contribution in [0.4, 0.5) is 5.69 Å². The summed E-state index contributed by atoms with van der Waals surface area (Å²) in [6.45, 7) is 6.59. The summed E-state index contributed by atoms with van der Waals surface area (Å²) < 4.78 is 50.3. The highest BCUT2D eigenvalue weighted by Gasteiger charge is 2.25. The average molecular weight is 531 g/mol. The predicted molar refractivity (Wildman–Crippen MR) is 128 cm³/mol. The van der Waals surface area contributed by atoms with E-state index >= 15 is 0 Å². The minimum atomic E-state index is -3.45. The molecule has 0 fully saturated rings. The molecule has 0 amide bonds. The second kappa shape index (κ2) is 21.0. The number of ether oxygens (including phenoxy) is 5. The third kappa shape index (κ3) is 16.3. The van der Waals surface area contributed by atoms with Crippen LogP contribution in [0.3, 0.4) is 0 Å². The summed E-state index contributed by atoms with van der Waals surface area (Å²) in [5.74, 6) is 0.228. The second-order valence-corrected chi connectivity index (χ2v) is 8.55. The largest absolute Gasteiger partial charge is 0.424 e. The van der Waals surface area contributed by atoms with E-state index in [9.17, 15) is 14.7 Å². The number of halogens is 1. The van der Waals surface area contributed by atoms with Crippen molar-refractivity contribution >= 4 is 25.7 Å². The summed E-state index contributed by atoms with van der Waals surface area (Å²) in [5, 5.41) is 10.7. The molecule has 0 saturated carbocycles. The SMILES string of the molecule is CCOP(=O)(CCOCCOCCOCCOCCOCCN)Oc1ccc([N+](=O)[O-])cc1.Cl. The van der Waals surface area contributed by atoms with Crippen molar-refractivity contribution < 1.29 is 42.2 Å². The Morgan fingerprint density at radius 3 is 1.68 bits per heavy atom. The van der Waals surface area contributed by atoms with Gasteiger partial charge in [-0.1, -0.05) is 0 Å². The van der Waals surface area contributed by atoms with Crippen LogP contribution in [-0.2, 0) is 32.8 Å². The summed E-state index contributed by atoms with van der Waals surface area (Å²) in [6.07, 6.45) is 0.0399. The molecular weight excluding hydrogens is 495 g/mol. The summed E-state index contributed by atoms with van der Waals surface area (Å²) in [6, 6.07) is 5.31. The molecule has 1 atom stereocenters. The van der Waals surface area contributed by atoms with Crippen molar-refractivity contribution in [2.45, 2.75) is 6.92 Å². The number of nitro groups is 1. The van der Waals surface area contributed by atoms with E-state index in [1.807, 2.05) is 0 Å². The quantitative estimate of drug-likeness (QED) is 0.102. The molecule has 0 aromatic heterocycles. The van der Waals surface area contributed by atoms with Crippen LogP contribution in [0, 0.1) is 10.1 Å². The van der Waals surface area contributed by atoms with Gasteiger partial charge in [-0.2, -0.15) is 0 Å². The summed E-state index contributed by atoms with van der Waals surface area (Å²) in [7, 11) is -3.45. The van der Waals surface area contributed by atoms with Gasteiger partial charge in [0.1, 0.15) is 5.75 Å². The van der Waals surface area contributed by atoms with Crippen molar-refractivity contribution in [1.82, 2.24) is 0 Å². The van der Waals surface area contributed by atoms with E-state index in [4.69, 9.17) is 38.5 Å². The van der Waals surface area contributed by atoms with E-state index in [1.165, 1.54) is 24.3 Å². The maximum atomic E-state index is 12.8. The van der Waals surface area contributed by atoms with Gasteiger partial charge in [-0.3, -0.25) is 10.1 Å². The molecule has 1 rings (SSSR count). The standard InChI is InChI=1S/C20H35N2O10P.ClH/c1-2-31-33(25,32-20-5-3-19(4-6-20)22(23)24)18-17-30-16-15-29-14-13-28-12-11-27-10-9-26-8-7-21;/h3-6H,2,7-18,21H2,1H3;1H. The maximum Gasteiger partial charge on any atom is 0.381 e. The fourth-order valence-electron chi connectivity index (χ4n) is 2.36. The van der Waals surface area contributed by atoms with Crippen LogP contribution in [0.1, 0.15) is 6.92 Å². The van der Waals surface area contributed by atoms with E-state index in [1.54, 1.807) is 6.92 Å². The van der Waals surface area contributed by atoms with Crippen LogP contribution >= 0.6 is 20.0 Å². The van der Waals surface area contributed by atoms with Crippen LogP contribution in [0.15, 0.2) is 24.3 Å². The molecule has 198 valence electrons. The predicted octanol–water partition coefficient (Wildman–Crippen LogP) is 2.67. The second-order valence-electron chi connectivity index (χ2n) is 6.45. The highest BCUT2D eigenvalue weighted by atomic mass is 35.5. The van der Waals surface area contributed by atoms with Gasteiger partial charge in [-0.05, 0) is 19.1 Å². The Balaban J connectivity index is 0.0000109. The molecule has 14 heteroatoms. The fraction of sp³-hybridized carbons (Fsp3) is 0.700. The Labute approximate surface area is 206 Å². The zero-order valence-electron chi connectivity index (χ0n) is 19.5. The molecule has 34 heavy (non-hydrogen) atoms. The molecule has 1 unspecified atom stereocenters. The Bertz CT molecular complexity index is 684. The van der Waals surface area contributed by atoms with Gasteiger partial charge in [0.25, 0.3) is 5.69 Å². The lowest BCUT2D eigenvalue weighted by molar-refractivity contribution is -0.384. The maximum absolute atomic E-state index is 12.8. The van der Waals surface area contributed by atoms with Crippen LogP contribution in [-0.4, -0.2) is 90.3 Å². The third-order valence-electron chi connectivity index (χ3n) is 3.88. The molecule has 1 aromatic carbocycles. The molecule has 0 saturated heterocycles. The van der Waals surface area contributed by atoms with Gasteiger partial charge in [-0.15, -0.1) is 12.4 Å². The number of hydrogen-bond acceptors (Lipinski definition) is 11. The fourth-order valence-corrected chi connectivity index (χ4v) is 3.83. The zero-order valence-corrected chi connectivity index (χ0v) is 21.2. The number of nitrogens with two attached hydrogens (primary N) is 1. The summed E-state index contributed by atoms with van der Waals surface area (Å²) >= 11 is 0. The number of hydrogen-bond donors (Lipinski definition) is 1. The Kier molecular flexibility index (Phi) is 20.2. The van der Waals surface area contributed by atoms with E-state index in [0.717, 1.165) is 0 Å². The molecule has 0 aliphatic heterocycles. The zero-order chi connectivity index (χ0) is 24.2. The highest BCUT2D eigenvalue weighted by molar-refractivity contribution is 7.54. The number of rotatable bonds is 22. The molecule has 0 aliphatic rings. The smallest absolute Gasteiger partial charge is 0.381 e. The molecule has 0 radical (unpaired) electrons. The first kappa shape index (κ1) is 32.7. The van der Waals surface area contributed by atoms with E-state index in [2.05, 4.69) is 0 Å². The lowest BCUT2D eigenvalue weighted by Crippen LogP contribution is -2.15. The van der Waals surface area contributed by atoms with Crippen LogP contribution in [0.5, 0.6) is 5.75 Å². The Morgan fingerprint density at radius 1 is 0.824 bits per heavy atom. The summed E-state index contributed by atoms with van der Waals surface area (Å²) in [5.41, 5.74) is 5.22. The Morgan fingerprint density at radius 2 is 1.26 bits per heavy atom. The van der Waals surface area contributed by atoms with Crippen LogP contribution in [0.2, 0.25) is 0 Å². The van der Waals surface area contributed by atoms with Gasteiger partial charge in [0.2, 0.25) is 0 Å². The van der Waals surface area contributed by atoms with Gasteiger partial charge in [0.05, 0.1) is 83.8 Å².